The van der Waals surface area contributed by atoms with E-state index in [1.807, 2.05) is 19.1 Å². The number of ether oxygens (including phenoxy) is 2. The van der Waals surface area contributed by atoms with Crippen molar-refractivity contribution >= 4 is 5.69 Å². The van der Waals surface area contributed by atoms with Crippen molar-refractivity contribution in [3.05, 3.63) is 24.3 Å². The van der Waals surface area contributed by atoms with Crippen molar-refractivity contribution in [2.45, 2.75) is 57.1 Å². The van der Waals surface area contributed by atoms with Gasteiger partial charge in [-0.2, -0.15) is 0 Å². The Labute approximate surface area is 121 Å². The number of benzene rings is 1. The summed E-state index contributed by atoms with van der Waals surface area (Å²) in [5, 5.41) is 3.67. The van der Waals surface area contributed by atoms with Gasteiger partial charge in [0.2, 0.25) is 0 Å². The number of anilines is 1. The van der Waals surface area contributed by atoms with Crippen molar-refractivity contribution in [2.24, 2.45) is 0 Å². The maximum Gasteiger partial charge on any atom is 0.119 e. The molecule has 1 aliphatic carbocycles. The van der Waals surface area contributed by atoms with E-state index in [2.05, 4.69) is 17.4 Å². The van der Waals surface area contributed by atoms with Gasteiger partial charge in [-0.1, -0.05) is 12.8 Å². The van der Waals surface area contributed by atoms with E-state index >= 15 is 0 Å². The van der Waals surface area contributed by atoms with Crippen molar-refractivity contribution in [1.29, 1.82) is 0 Å². The second-order valence-corrected chi connectivity index (χ2v) is 6.03. The molecule has 3 rings (SSSR count). The molecule has 0 aromatic heterocycles. The number of hydrogen-bond donors (Lipinski definition) is 1. The van der Waals surface area contributed by atoms with Gasteiger partial charge in [0.05, 0.1) is 12.2 Å². The lowest BCUT2D eigenvalue weighted by Gasteiger charge is -2.39. The highest BCUT2D eigenvalue weighted by Crippen LogP contribution is 2.40. The molecule has 1 unspecified atom stereocenters. The second-order valence-electron chi connectivity index (χ2n) is 6.03. The molecule has 110 valence electrons. The smallest absolute Gasteiger partial charge is 0.119 e. The molecule has 1 spiro atoms. The van der Waals surface area contributed by atoms with Crippen LogP contribution in [0.25, 0.3) is 0 Å². The molecular formula is C17H25NO2. The van der Waals surface area contributed by atoms with Crippen LogP contribution < -0.4 is 10.1 Å². The van der Waals surface area contributed by atoms with Crippen molar-refractivity contribution in [1.82, 2.24) is 0 Å². The highest BCUT2D eigenvalue weighted by Gasteiger charge is 2.39. The van der Waals surface area contributed by atoms with Crippen molar-refractivity contribution in [3.8, 4) is 5.75 Å². The minimum absolute atomic E-state index is 0.182. The Morgan fingerprint density at radius 2 is 2.00 bits per heavy atom. The summed E-state index contributed by atoms with van der Waals surface area (Å²) in [5.74, 6) is 0.942. The highest BCUT2D eigenvalue weighted by atomic mass is 16.5. The quantitative estimate of drug-likeness (QED) is 0.901. The van der Waals surface area contributed by atoms with Gasteiger partial charge >= 0.3 is 0 Å². The summed E-state index contributed by atoms with van der Waals surface area (Å²) in [7, 11) is 0. The Balaban J connectivity index is 1.59. The Morgan fingerprint density at radius 1 is 1.25 bits per heavy atom. The molecule has 0 bridgehead atoms. The first kappa shape index (κ1) is 13.7. The Kier molecular flexibility index (Phi) is 4.16. The largest absolute Gasteiger partial charge is 0.494 e. The molecule has 1 aromatic carbocycles. The molecule has 20 heavy (non-hydrogen) atoms. The fraction of sp³-hybridized carbons (Fsp3) is 0.647. The third-order valence-corrected chi connectivity index (χ3v) is 4.54. The molecule has 0 radical (unpaired) electrons. The summed E-state index contributed by atoms with van der Waals surface area (Å²) in [6.45, 7) is 3.62. The second kappa shape index (κ2) is 6.04. The normalized spacial score (nSPS) is 24.8. The summed E-state index contributed by atoms with van der Waals surface area (Å²) < 4.78 is 11.6. The van der Waals surface area contributed by atoms with Gasteiger partial charge in [-0.25, -0.2) is 0 Å². The molecule has 1 saturated carbocycles. The van der Waals surface area contributed by atoms with Crippen LogP contribution in [0.4, 0.5) is 5.69 Å². The summed E-state index contributed by atoms with van der Waals surface area (Å²) in [4.78, 5) is 0. The van der Waals surface area contributed by atoms with E-state index in [1.54, 1.807) is 0 Å². The molecule has 1 heterocycles. The minimum Gasteiger partial charge on any atom is -0.494 e. The molecular weight excluding hydrogens is 250 g/mol. The predicted molar refractivity (Wildman–Crippen MR) is 81.4 cm³/mol. The topological polar surface area (TPSA) is 30.5 Å². The molecule has 2 aliphatic rings. The molecule has 1 saturated heterocycles. The van der Waals surface area contributed by atoms with Gasteiger partial charge in [-0.15, -0.1) is 0 Å². The highest BCUT2D eigenvalue weighted by molar-refractivity contribution is 5.47. The molecule has 1 aliphatic heterocycles. The number of hydrogen-bond acceptors (Lipinski definition) is 3. The van der Waals surface area contributed by atoms with E-state index < -0.39 is 0 Å². The van der Waals surface area contributed by atoms with Gasteiger partial charge in [0.15, 0.2) is 0 Å². The monoisotopic (exact) mass is 275 g/mol. The maximum atomic E-state index is 6.09. The molecule has 1 atom stereocenters. The van der Waals surface area contributed by atoms with Crippen LogP contribution in [0.2, 0.25) is 0 Å². The molecule has 1 aromatic rings. The van der Waals surface area contributed by atoms with Crippen LogP contribution in [0, 0.1) is 0 Å². The Hall–Kier alpha value is -1.22. The van der Waals surface area contributed by atoms with Gasteiger partial charge in [0.1, 0.15) is 5.75 Å². The molecule has 0 amide bonds. The lowest BCUT2D eigenvalue weighted by atomic mass is 9.89. The van der Waals surface area contributed by atoms with Crippen LogP contribution in [0.5, 0.6) is 5.75 Å². The van der Waals surface area contributed by atoms with Crippen LogP contribution in [-0.2, 0) is 4.74 Å². The summed E-state index contributed by atoms with van der Waals surface area (Å²) in [5.41, 5.74) is 1.37. The van der Waals surface area contributed by atoms with Crippen LogP contribution in [0.3, 0.4) is 0 Å². The summed E-state index contributed by atoms with van der Waals surface area (Å²) in [6.07, 6.45) is 7.41. The first-order chi connectivity index (χ1) is 9.80. The van der Waals surface area contributed by atoms with E-state index in [4.69, 9.17) is 9.47 Å². The van der Waals surface area contributed by atoms with E-state index in [0.717, 1.165) is 31.8 Å². The molecule has 2 fully saturated rings. The Morgan fingerprint density at radius 3 is 2.70 bits per heavy atom. The van der Waals surface area contributed by atoms with Gasteiger partial charge in [-0.05, 0) is 56.9 Å². The zero-order valence-electron chi connectivity index (χ0n) is 12.4. The average molecular weight is 275 g/mol. The Bertz CT molecular complexity index is 423. The lowest BCUT2D eigenvalue weighted by Crippen LogP contribution is -2.42. The molecule has 1 N–H and O–H groups in total. The number of nitrogens with one attached hydrogen (secondary N) is 1. The van der Waals surface area contributed by atoms with Crippen LogP contribution >= 0.6 is 0 Å². The SMILES string of the molecule is CCOc1ccc(NC2CCOC3(CCCC3)C2)cc1. The third-order valence-electron chi connectivity index (χ3n) is 4.54. The fourth-order valence-corrected chi connectivity index (χ4v) is 3.57. The molecule has 3 heteroatoms. The zero-order valence-corrected chi connectivity index (χ0v) is 12.4. The number of rotatable bonds is 4. The van der Waals surface area contributed by atoms with Gasteiger partial charge in [0.25, 0.3) is 0 Å². The van der Waals surface area contributed by atoms with Crippen molar-refractivity contribution < 1.29 is 9.47 Å². The van der Waals surface area contributed by atoms with E-state index in [9.17, 15) is 0 Å². The maximum absolute atomic E-state index is 6.09. The zero-order chi connectivity index (χ0) is 13.8. The predicted octanol–water partition coefficient (Wildman–Crippen LogP) is 3.99. The summed E-state index contributed by atoms with van der Waals surface area (Å²) >= 11 is 0. The molecule has 3 nitrogen and oxygen atoms in total. The third kappa shape index (κ3) is 3.09. The van der Waals surface area contributed by atoms with Gasteiger partial charge in [-0.3, -0.25) is 0 Å². The first-order valence-electron chi connectivity index (χ1n) is 7.93. The average Bonchev–Trinajstić information content (AvgIpc) is 2.89. The fourth-order valence-electron chi connectivity index (χ4n) is 3.57. The first-order valence-corrected chi connectivity index (χ1v) is 7.93. The van der Waals surface area contributed by atoms with Gasteiger partial charge < -0.3 is 14.8 Å². The minimum atomic E-state index is 0.182. The van der Waals surface area contributed by atoms with Crippen LogP contribution in [0.1, 0.15) is 45.4 Å². The van der Waals surface area contributed by atoms with Crippen LogP contribution in [-0.4, -0.2) is 24.9 Å². The van der Waals surface area contributed by atoms with Crippen molar-refractivity contribution in [2.75, 3.05) is 18.5 Å². The lowest BCUT2D eigenvalue weighted by molar-refractivity contribution is -0.0767. The van der Waals surface area contributed by atoms with E-state index in [0.29, 0.717) is 6.04 Å². The van der Waals surface area contributed by atoms with Gasteiger partial charge in [0, 0.05) is 18.3 Å². The summed E-state index contributed by atoms with van der Waals surface area (Å²) in [6, 6.07) is 8.84. The van der Waals surface area contributed by atoms with E-state index in [1.165, 1.54) is 31.4 Å². The standard InChI is InChI=1S/C17H25NO2/c1-2-19-16-7-5-14(6-8-16)18-15-9-12-20-17(13-15)10-3-4-11-17/h5-8,15,18H,2-4,9-13H2,1H3. The van der Waals surface area contributed by atoms with Crippen LogP contribution in [0.15, 0.2) is 24.3 Å². The van der Waals surface area contributed by atoms with Crippen molar-refractivity contribution in [3.63, 3.8) is 0 Å². The van der Waals surface area contributed by atoms with E-state index in [-0.39, 0.29) is 5.60 Å².